The van der Waals surface area contributed by atoms with Crippen LogP contribution in [0.15, 0.2) is 48.5 Å². The van der Waals surface area contributed by atoms with Gasteiger partial charge in [0.1, 0.15) is 0 Å². The molecule has 3 heteroatoms. The summed E-state index contributed by atoms with van der Waals surface area (Å²) in [6.45, 7) is 0. The largest absolute Gasteiger partial charge is 0.399 e. The van der Waals surface area contributed by atoms with Gasteiger partial charge >= 0.3 is 0 Å². The Bertz CT molecular complexity index is 417. The van der Waals surface area contributed by atoms with Gasteiger partial charge in [-0.2, -0.15) is 0 Å². The molecule has 2 nitrogen and oxygen atoms in total. The smallest absolute Gasteiger partial charge is 0.0644 e. The number of alkyl halides is 1. The third-order valence-corrected chi connectivity index (χ3v) is 3.52. The number of hydrogen-bond donors (Lipinski definition) is 2. The monoisotopic (exact) mass is 276 g/mol. The van der Waals surface area contributed by atoms with E-state index in [2.05, 4.69) is 15.9 Å². The second-order valence-corrected chi connectivity index (χ2v) is 4.61. The van der Waals surface area contributed by atoms with E-state index in [4.69, 9.17) is 11.5 Å². The zero-order chi connectivity index (χ0) is 11.5. The van der Waals surface area contributed by atoms with Crippen LogP contribution in [0.5, 0.6) is 0 Å². The Hall–Kier alpha value is -1.48. The highest BCUT2D eigenvalue weighted by atomic mass is 79.9. The van der Waals surface area contributed by atoms with Crippen LogP contribution in [0.2, 0.25) is 0 Å². The van der Waals surface area contributed by atoms with Gasteiger partial charge in [-0.25, -0.2) is 0 Å². The van der Waals surface area contributed by atoms with Crippen molar-refractivity contribution < 1.29 is 0 Å². The van der Waals surface area contributed by atoms with Crippen molar-refractivity contribution in [2.24, 2.45) is 0 Å². The number of anilines is 2. The van der Waals surface area contributed by atoms with Crippen LogP contribution in [0.3, 0.4) is 0 Å². The van der Waals surface area contributed by atoms with Crippen LogP contribution >= 0.6 is 15.9 Å². The first kappa shape index (κ1) is 11.0. The number of benzene rings is 2. The van der Waals surface area contributed by atoms with Crippen molar-refractivity contribution in [3.63, 3.8) is 0 Å². The lowest BCUT2D eigenvalue weighted by Crippen LogP contribution is -1.94. The van der Waals surface area contributed by atoms with Gasteiger partial charge in [0.25, 0.3) is 0 Å². The van der Waals surface area contributed by atoms with Crippen molar-refractivity contribution in [2.45, 2.75) is 4.83 Å². The van der Waals surface area contributed by atoms with E-state index >= 15 is 0 Å². The molecule has 0 aromatic heterocycles. The summed E-state index contributed by atoms with van der Waals surface area (Å²) in [4.78, 5) is 0.175. The predicted molar refractivity (Wildman–Crippen MR) is 72.5 cm³/mol. The summed E-state index contributed by atoms with van der Waals surface area (Å²) in [6, 6.07) is 15.7. The van der Waals surface area contributed by atoms with Crippen LogP contribution in [0.1, 0.15) is 16.0 Å². The molecule has 0 atom stereocenters. The Kier molecular flexibility index (Phi) is 3.15. The Balaban J connectivity index is 2.28. The van der Waals surface area contributed by atoms with Gasteiger partial charge in [-0.15, -0.1) is 0 Å². The topological polar surface area (TPSA) is 52.0 Å². The molecule has 2 aromatic carbocycles. The first-order valence-corrected chi connectivity index (χ1v) is 5.93. The van der Waals surface area contributed by atoms with Crippen LogP contribution in [-0.2, 0) is 0 Å². The van der Waals surface area contributed by atoms with Crippen LogP contribution in [0, 0.1) is 0 Å². The molecule has 82 valence electrons. The summed E-state index contributed by atoms with van der Waals surface area (Å²) in [6.07, 6.45) is 0. The fraction of sp³-hybridized carbons (Fsp3) is 0.0769. The molecule has 0 saturated carbocycles. The summed E-state index contributed by atoms with van der Waals surface area (Å²) in [5.41, 5.74) is 15.2. The van der Waals surface area contributed by atoms with E-state index in [1.807, 2.05) is 48.5 Å². The van der Waals surface area contributed by atoms with Gasteiger partial charge in [-0.1, -0.05) is 40.2 Å². The van der Waals surface area contributed by atoms with Gasteiger partial charge in [0, 0.05) is 11.4 Å². The van der Waals surface area contributed by atoms with Gasteiger partial charge in [0.05, 0.1) is 4.83 Å². The second-order valence-electron chi connectivity index (χ2n) is 3.70. The van der Waals surface area contributed by atoms with Crippen LogP contribution in [-0.4, -0.2) is 0 Å². The fourth-order valence-corrected chi connectivity index (χ4v) is 2.13. The third-order valence-electron chi connectivity index (χ3n) is 2.46. The summed E-state index contributed by atoms with van der Waals surface area (Å²) < 4.78 is 0. The third kappa shape index (κ3) is 2.36. The average molecular weight is 277 g/mol. The van der Waals surface area contributed by atoms with E-state index in [0.717, 1.165) is 11.4 Å². The van der Waals surface area contributed by atoms with Crippen LogP contribution in [0.4, 0.5) is 11.4 Å². The van der Waals surface area contributed by atoms with Crippen LogP contribution < -0.4 is 11.5 Å². The normalized spacial score (nSPS) is 10.6. The quantitative estimate of drug-likeness (QED) is 0.653. The van der Waals surface area contributed by atoms with Crippen molar-refractivity contribution in [1.82, 2.24) is 0 Å². The van der Waals surface area contributed by atoms with Crippen LogP contribution in [0.25, 0.3) is 0 Å². The molecule has 0 saturated heterocycles. The number of rotatable bonds is 2. The maximum Gasteiger partial charge on any atom is 0.0644 e. The summed E-state index contributed by atoms with van der Waals surface area (Å²) in [7, 11) is 0. The molecule has 0 fully saturated rings. The molecule has 4 N–H and O–H groups in total. The molecule has 0 amide bonds. The summed E-state index contributed by atoms with van der Waals surface area (Å²) in [5, 5.41) is 0. The lowest BCUT2D eigenvalue weighted by atomic mass is 10.0. The highest BCUT2D eigenvalue weighted by molar-refractivity contribution is 9.09. The summed E-state index contributed by atoms with van der Waals surface area (Å²) in [5.74, 6) is 0. The molecule has 0 aliphatic heterocycles. The molecule has 16 heavy (non-hydrogen) atoms. The van der Waals surface area contributed by atoms with Gasteiger partial charge < -0.3 is 11.5 Å². The second kappa shape index (κ2) is 4.58. The zero-order valence-electron chi connectivity index (χ0n) is 8.73. The molecule has 0 spiro atoms. The predicted octanol–water partition coefficient (Wildman–Crippen LogP) is 3.34. The number of nitrogens with two attached hydrogens (primary N) is 2. The van der Waals surface area contributed by atoms with Gasteiger partial charge in [-0.05, 0) is 35.4 Å². The number of nitrogen functional groups attached to an aromatic ring is 2. The first-order chi connectivity index (χ1) is 7.66. The lowest BCUT2D eigenvalue weighted by molar-refractivity contribution is 1.18. The van der Waals surface area contributed by atoms with Crippen molar-refractivity contribution in [3.8, 4) is 0 Å². The molecular weight excluding hydrogens is 264 g/mol. The van der Waals surface area contributed by atoms with E-state index in [9.17, 15) is 0 Å². The minimum atomic E-state index is 0.175. The standard InChI is InChI=1S/C13H13BrN2/c14-13(9-1-5-11(15)6-2-9)10-3-7-12(16)8-4-10/h1-8,13H,15-16H2. The fourth-order valence-electron chi connectivity index (χ4n) is 1.52. The minimum Gasteiger partial charge on any atom is -0.399 e. The molecular formula is C13H13BrN2. The van der Waals surface area contributed by atoms with E-state index in [1.165, 1.54) is 11.1 Å². The van der Waals surface area contributed by atoms with E-state index in [1.54, 1.807) is 0 Å². The van der Waals surface area contributed by atoms with Gasteiger partial charge in [-0.3, -0.25) is 0 Å². The zero-order valence-corrected chi connectivity index (χ0v) is 10.3. The van der Waals surface area contributed by atoms with Gasteiger partial charge in [0.15, 0.2) is 0 Å². The lowest BCUT2D eigenvalue weighted by Gasteiger charge is -2.11. The minimum absolute atomic E-state index is 0.175. The number of halogens is 1. The Labute approximate surface area is 103 Å². The maximum atomic E-state index is 5.65. The number of hydrogen-bond acceptors (Lipinski definition) is 2. The highest BCUT2D eigenvalue weighted by Crippen LogP contribution is 2.31. The van der Waals surface area contributed by atoms with E-state index in [-0.39, 0.29) is 4.83 Å². The molecule has 0 aliphatic carbocycles. The summed E-state index contributed by atoms with van der Waals surface area (Å²) >= 11 is 3.66. The van der Waals surface area contributed by atoms with E-state index < -0.39 is 0 Å². The van der Waals surface area contributed by atoms with E-state index in [0.29, 0.717) is 0 Å². The van der Waals surface area contributed by atoms with Crippen molar-refractivity contribution in [1.29, 1.82) is 0 Å². The van der Waals surface area contributed by atoms with Gasteiger partial charge in [0.2, 0.25) is 0 Å². The molecule has 0 bridgehead atoms. The molecule has 2 rings (SSSR count). The molecule has 0 aliphatic rings. The molecule has 0 unspecified atom stereocenters. The van der Waals surface area contributed by atoms with Crippen molar-refractivity contribution in [2.75, 3.05) is 11.5 Å². The Morgan fingerprint density at radius 3 is 1.31 bits per heavy atom. The molecule has 2 aromatic rings. The highest BCUT2D eigenvalue weighted by Gasteiger charge is 2.09. The van der Waals surface area contributed by atoms with Crippen molar-refractivity contribution in [3.05, 3.63) is 59.7 Å². The maximum absolute atomic E-state index is 5.65. The Morgan fingerprint density at radius 2 is 1.00 bits per heavy atom. The molecule has 0 heterocycles. The first-order valence-electron chi connectivity index (χ1n) is 5.02. The van der Waals surface area contributed by atoms with Crippen molar-refractivity contribution >= 4 is 27.3 Å². The SMILES string of the molecule is Nc1ccc(C(Br)c2ccc(N)cc2)cc1. The Morgan fingerprint density at radius 1 is 0.688 bits per heavy atom. The average Bonchev–Trinajstić information content (AvgIpc) is 2.30. The molecule has 0 radical (unpaired) electrons.